The van der Waals surface area contributed by atoms with E-state index in [4.69, 9.17) is 9.15 Å². The third-order valence-corrected chi connectivity index (χ3v) is 3.13. The van der Waals surface area contributed by atoms with Crippen LogP contribution in [0.25, 0.3) is 11.5 Å². The fourth-order valence-electron chi connectivity index (χ4n) is 2.29. The minimum atomic E-state index is -0.454. The molecule has 0 unspecified atom stereocenters. The molecule has 0 N–H and O–H groups in total. The summed E-state index contributed by atoms with van der Waals surface area (Å²) in [7, 11) is 0. The number of carbonyl (C=O) groups is 1. The van der Waals surface area contributed by atoms with Gasteiger partial charge in [0, 0.05) is 5.56 Å². The molecule has 112 valence electrons. The fourth-order valence-corrected chi connectivity index (χ4v) is 2.29. The SMILES string of the molecule is CCOC(=O)c1oc(-c2cc(C)cc(C)c2)nc1C(C)C. The van der Waals surface area contributed by atoms with Crippen molar-refractivity contribution in [2.45, 2.75) is 40.5 Å². The van der Waals surface area contributed by atoms with E-state index in [-0.39, 0.29) is 11.7 Å². The van der Waals surface area contributed by atoms with Crippen molar-refractivity contribution in [1.29, 1.82) is 0 Å². The maximum absolute atomic E-state index is 12.0. The fraction of sp³-hybridized carbons (Fsp3) is 0.412. The number of benzene rings is 1. The zero-order valence-electron chi connectivity index (χ0n) is 13.2. The smallest absolute Gasteiger partial charge is 0.376 e. The van der Waals surface area contributed by atoms with Crippen LogP contribution in [0.1, 0.15) is 54.1 Å². The van der Waals surface area contributed by atoms with Crippen molar-refractivity contribution in [3.8, 4) is 11.5 Å². The Kier molecular flexibility index (Phi) is 4.46. The van der Waals surface area contributed by atoms with Gasteiger partial charge < -0.3 is 9.15 Å². The number of oxazole rings is 1. The van der Waals surface area contributed by atoms with Gasteiger partial charge in [0.15, 0.2) is 0 Å². The first-order chi connectivity index (χ1) is 9.92. The normalized spacial score (nSPS) is 11.0. The average Bonchev–Trinajstić information content (AvgIpc) is 2.83. The van der Waals surface area contributed by atoms with Crippen molar-refractivity contribution in [3.63, 3.8) is 0 Å². The molecule has 0 saturated heterocycles. The van der Waals surface area contributed by atoms with E-state index < -0.39 is 5.97 Å². The third kappa shape index (κ3) is 3.32. The number of esters is 1. The zero-order valence-corrected chi connectivity index (χ0v) is 13.2. The first-order valence-electron chi connectivity index (χ1n) is 7.18. The number of carbonyl (C=O) groups excluding carboxylic acids is 1. The predicted molar refractivity (Wildman–Crippen MR) is 81.5 cm³/mol. The van der Waals surface area contributed by atoms with Crippen LogP contribution in [0.5, 0.6) is 0 Å². The molecule has 0 spiro atoms. The molecule has 1 aromatic carbocycles. The second-order valence-electron chi connectivity index (χ2n) is 5.48. The maximum atomic E-state index is 12.0. The second-order valence-corrected chi connectivity index (χ2v) is 5.48. The van der Waals surface area contributed by atoms with Crippen LogP contribution in [0.3, 0.4) is 0 Å². The van der Waals surface area contributed by atoms with Gasteiger partial charge in [0.2, 0.25) is 11.7 Å². The van der Waals surface area contributed by atoms with Crippen molar-refractivity contribution in [3.05, 3.63) is 40.8 Å². The monoisotopic (exact) mass is 287 g/mol. The minimum absolute atomic E-state index is 0.0906. The first kappa shape index (κ1) is 15.3. The Morgan fingerprint density at radius 3 is 2.38 bits per heavy atom. The van der Waals surface area contributed by atoms with Gasteiger partial charge in [-0.3, -0.25) is 0 Å². The maximum Gasteiger partial charge on any atom is 0.376 e. The summed E-state index contributed by atoms with van der Waals surface area (Å²) in [4.78, 5) is 16.5. The summed E-state index contributed by atoms with van der Waals surface area (Å²) in [5, 5.41) is 0. The van der Waals surface area contributed by atoms with Crippen LogP contribution >= 0.6 is 0 Å². The number of rotatable bonds is 4. The highest BCUT2D eigenvalue weighted by Crippen LogP contribution is 2.28. The van der Waals surface area contributed by atoms with E-state index >= 15 is 0 Å². The zero-order chi connectivity index (χ0) is 15.6. The van der Waals surface area contributed by atoms with Crippen molar-refractivity contribution >= 4 is 5.97 Å². The molecule has 21 heavy (non-hydrogen) atoms. The van der Waals surface area contributed by atoms with Gasteiger partial charge in [-0.05, 0) is 38.8 Å². The van der Waals surface area contributed by atoms with Gasteiger partial charge in [0.25, 0.3) is 0 Å². The van der Waals surface area contributed by atoms with Crippen LogP contribution in [-0.2, 0) is 4.74 Å². The molecule has 0 aliphatic rings. The van der Waals surface area contributed by atoms with Crippen LogP contribution in [-0.4, -0.2) is 17.6 Å². The van der Waals surface area contributed by atoms with Crippen molar-refractivity contribution < 1.29 is 13.9 Å². The summed E-state index contributed by atoms with van der Waals surface area (Å²) >= 11 is 0. The number of hydrogen-bond acceptors (Lipinski definition) is 4. The number of ether oxygens (including phenoxy) is 1. The Hall–Kier alpha value is -2.10. The summed E-state index contributed by atoms with van der Waals surface area (Å²) in [6.45, 7) is 10.1. The molecule has 0 aliphatic heterocycles. The molecule has 0 aliphatic carbocycles. The number of nitrogens with zero attached hydrogens (tertiary/aromatic N) is 1. The van der Waals surface area contributed by atoms with Crippen LogP contribution in [0.4, 0.5) is 0 Å². The van der Waals surface area contributed by atoms with Crippen LogP contribution in [0, 0.1) is 13.8 Å². The van der Waals surface area contributed by atoms with E-state index in [1.54, 1.807) is 6.92 Å². The molecular formula is C17H21NO3. The lowest BCUT2D eigenvalue weighted by Gasteiger charge is -2.02. The van der Waals surface area contributed by atoms with Crippen LogP contribution < -0.4 is 0 Å². The Balaban J connectivity index is 2.50. The minimum Gasteiger partial charge on any atom is -0.460 e. The molecule has 0 atom stereocenters. The Bertz CT molecular complexity index is 636. The lowest BCUT2D eigenvalue weighted by Crippen LogP contribution is -2.07. The topological polar surface area (TPSA) is 52.3 Å². The van der Waals surface area contributed by atoms with Crippen LogP contribution in [0.15, 0.2) is 22.6 Å². The lowest BCUT2D eigenvalue weighted by atomic mass is 10.1. The molecule has 4 heteroatoms. The molecule has 0 amide bonds. The predicted octanol–water partition coefficient (Wildman–Crippen LogP) is 4.26. The van der Waals surface area contributed by atoms with Gasteiger partial charge in [-0.25, -0.2) is 9.78 Å². The van der Waals surface area contributed by atoms with Gasteiger partial charge >= 0.3 is 5.97 Å². The Labute approximate surface area is 125 Å². The average molecular weight is 287 g/mol. The molecule has 0 saturated carbocycles. The summed E-state index contributed by atoms with van der Waals surface area (Å²) < 4.78 is 10.7. The first-order valence-corrected chi connectivity index (χ1v) is 7.18. The summed E-state index contributed by atoms with van der Waals surface area (Å²) in [5.74, 6) is 0.312. The highest BCUT2D eigenvalue weighted by atomic mass is 16.5. The highest BCUT2D eigenvalue weighted by Gasteiger charge is 2.24. The Morgan fingerprint density at radius 2 is 1.86 bits per heavy atom. The molecule has 2 rings (SSSR count). The van der Waals surface area contributed by atoms with Crippen molar-refractivity contribution in [1.82, 2.24) is 4.98 Å². The van der Waals surface area contributed by atoms with Gasteiger partial charge in [-0.1, -0.05) is 31.0 Å². The number of aromatic nitrogens is 1. The molecule has 0 bridgehead atoms. The Morgan fingerprint density at radius 1 is 1.24 bits per heavy atom. The van der Waals surface area contributed by atoms with Gasteiger partial charge in [0.1, 0.15) is 0 Å². The number of hydrogen-bond donors (Lipinski definition) is 0. The third-order valence-electron chi connectivity index (χ3n) is 3.13. The molecule has 0 radical (unpaired) electrons. The molecule has 1 heterocycles. The lowest BCUT2D eigenvalue weighted by molar-refractivity contribution is 0.0488. The van der Waals surface area contributed by atoms with E-state index in [1.165, 1.54) is 0 Å². The van der Waals surface area contributed by atoms with E-state index in [1.807, 2.05) is 39.8 Å². The molecule has 1 aromatic heterocycles. The second kappa shape index (κ2) is 6.12. The summed E-state index contributed by atoms with van der Waals surface area (Å²) in [6.07, 6.45) is 0. The van der Waals surface area contributed by atoms with Crippen molar-refractivity contribution in [2.75, 3.05) is 6.61 Å². The standard InChI is InChI=1S/C17H21NO3/c1-6-20-17(19)15-14(10(2)3)18-16(21-15)13-8-11(4)7-12(5)9-13/h7-10H,6H2,1-5H3. The molecule has 0 fully saturated rings. The van der Waals surface area contributed by atoms with Crippen molar-refractivity contribution in [2.24, 2.45) is 0 Å². The number of aryl methyl sites for hydroxylation is 2. The van der Waals surface area contributed by atoms with Gasteiger partial charge in [-0.15, -0.1) is 0 Å². The highest BCUT2D eigenvalue weighted by molar-refractivity contribution is 5.88. The summed E-state index contributed by atoms with van der Waals surface area (Å²) in [6, 6.07) is 6.08. The summed E-state index contributed by atoms with van der Waals surface area (Å²) in [5.41, 5.74) is 3.78. The van der Waals surface area contributed by atoms with E-state index in [0.29, 0.717) is 18.2 Å². The molecular weight excluding hydrogens is 266 g/mol. The molecule has 2 aromatic rings. The van der Waals surface area contributed by atoms with Gasteiger partial charge in [0.05, 0.1) is 12.3 Å². The van der Waals surface area contributed by atoms with E-state index in [2.05, 4.69) is 11.1 Å². The quantitative estimate of drug-likeness (QED) is 0.788. The van der Waals surface area contributed by atoms with Crippen LogP contribution in [0.2, 0.25) is 0 Å². The van der Waals surface area contributed by atoms with E-state index in [0.717, 1.165) is 16.7 Å². The van der Waals surface area contributed by atoms with E-state index in [9.17, 15) is 4.79 Å². The molecule has 4 nitrogen and oxygen atoms in total. The van der Waals surface area contributed by atoms with Gasteiger partial charge in [-0.2, -0.15) is 0 Å². The largest absolute Gasteiger partial charge is 0.460 e.